The number of allylic oxidation sites excluding steroid dienone is 2. The van der Waals surface area contributed by atoms with Crippen LogP contribution in [0.4, 0.5) is 0 Å². The van der Waals surface area contributed by atoms with Crippen LogP contribution in [0.25, 0.3) is 6.08 Å². The Morgan fingerprint density at radius 1 is 1.17 bits per heavy atom. The van der Waals surface area contributed by atoms with Gasteiger partial charge in [0.05, 0.1) is 25.3 Å². The Balaban J connectivity index is 1.66. The average Bonchev–Trinajstić information content (AvgIpc) is 3.43. The quantitative estimate of drug-likeness (QED) is 0.319. The minimum atomic E-state index is -0.772. The first kappa shape index (κ1) is 27.5. The molecule has 1 fully saturated rings. The van der Waals surface area contributed by atoms with Crippen LogP contribution in [-0.4, -0.2) is 78.9 Å². The second-order valence-corrected chi connectivity index (χ2v) is 11.0. The van der Waals surface area contributed by atoms with Crippen molar-refractivity contribution in [2.24, 2.45) is 0 Å². The smallest absolute Gasteiger partial charge is 0.308 e. The fourth-order valence-electron chi connectivity index (χ4n) is 7.00. The van der Waals surface area contributed by atoms with Crippen LogP contribution in [0.2, 0.25) is 0 Å². The van der Waals surface area contributed by atoms with Gasteiger partial charge >= 0.3 is 5.97 Å². The Labute approximate surface area is 242 Å². The maximum Gasteiger partial charge on any atom is 0.308 e. The average molecular weight is 575 g/mol. The van der Waals surface area contributed by atoms with Crippen LogP contribution in [0, 0.1) is 18.3 Å². The molecule has 0 saturated carbocycles. The summed E-state index contributed by atoms with van der Waals surface area (Å²) >= 11 is 0. The molecule has 12 nitrogen and oxygen atoms in total. The molecule has 0 unspecified atom stereocenters. The van der Waals surface area contributed by atoms with Crippen LogP contribution < -0.4 is 19.5 Å². The molecule has 1 amide bonds. The number of fused-ring (bicyclic) bond motifs is 8. The number of carbonyl (C=O) groups is 4. The Morgan fingerprint density at radius 2 is 1.88 bits per heavy atom. The van der Waals surface area contributed by atoms with Crippen molar-refractivity contribution >= 4 is 29.5 Å². The molecule has 218 valence electrons. The number of nitriles is 1. The summed E-state index contributed by atoms with van der Waals surface area (Å²) in [4.78, 5) is 55.7. The highest BCUT2D eigenvalue weighted by atomic mass is 16.7. The normalized spacial score (nSPS) is 25.7. The molecule has 1 aromatic carbocycles. The lowest BCUT2D eigenvalue weighted by atomic mass is 9.71. The van der Waals surface area contributed by atoms with Crippen molar-refractivity contribution < 1.29 is 38.1 Å². The van der Waals surface area contributed by atoms with Crippen molar-refractivity contribution in [3.8, 4) is 23.3 Å². The first-order valence-corrected chi connectivity index (χ1v) is 13.6. The maximum atomic E-state index is 13.9. The maximum absolute atomic E-state index is 13.9. The number of esters is 1. The molecule has 4 aliphatic heterocycles. The first-order chi connectivity index (χ1) is 20.0. The summed E-state index contributed by atoms with van der Waals surface area (Å²) in [6.45, 7) is 6.05. The number of Topliss-reactive ketones (excluding diaryl/α,β-unsaturated/α-hetero) is 2. The molecule has 1 aliphatic carbocycles. The fourth-order valence-corrected chi connectivity index (χ4v) is 7.00. The number of ether oxygens (including phenoxy) is 4. The Morgan fingerprint density at radius 3 is 2.52 bits per heavy atom. The number of ketones is 2. The number of methoxy groups -OCH3 is 1. The van der Waals surface area contributed by atoms with Gasteiger partial charge < -0.3 is 29.2 Å². The predicted octanol–water partition coefficient (Wildman–Crippen LogP) is 1.83. The molecular formula is C30H30N4O8. The zero-order chi connectivity index (χ0) is 30.2. The minimum Gasteiger partial charge on any atom is -0.492 e. The van der Waals surface area contributed by atoms with E-state index in [4.69, 9.17) is 18.9 Å². The van der Waals surface area contributed by atoms with Crippen molar-refractivity contribution in [3.05, 3.63) is 44.9 Å². The molecule has 2 bridgehead atoms. The highest BCUT2D eigenvalue weighted by molar-refractivity contribution is 6.25. The predicted molar refractivity (Wildman–Crippen MR) is 146 cm³/mol. The number of benzene rings is 1. The lowest BCUT2D eigenvalue weighted by molar-refractivity contribution is -0.132. The molecule has 1 aromatic rings. The van der Waals surface area contributed by atoms with E-state index in [9.17, 15) is 24.4 Å². The van der Waals surface area contributed by atoms with Gasteiger partial charge in [-0.15, -0.1) is 0 Å². The molecular weight excluding hydrogens is 544 g/mol. The van der Waals surface area contributed by atoms with Gasteiger partial charge in [-0.05, 0) is 33.4 Å². The molecule has 1 N–H and O–H groups in total. The van der Waals surface area contributed by atoms with Crippen molar-refractivity contribution in [1.82, 2.24) is 15.1 Å². The highest BCUT2D eigenvalue weighted by Crippen LogP contribution is 2.56. The van der Waals surface area contributed by atoms with Crippen LogP contribution in [0.1, 0.15) is 49.9 Å². The molecule has 1 saturated heterocycles. The summed E-state index contributed by atoms with van der Waals surface area (Å²) in [5.74, 6) is -0.385. The standard InChI is InChI=1S/C30H30N4O8/c1-12-25(37)16-7-18-20(9-31)34-19(24(33(18)5)23(16)26(38)28(12)39-6)8-17-22(21(34)10-32-14(3)35)30-29(40-11-41-30)13(2)27(17)42-15(4)36/h8,18,20-21,24H,7,10-11H2,1-6H3,(H,32,35)/t18-,20-,21-,24-/m0/s1. The summed E-state index contributed by atoms with van der Waals surface area (Å²) < 4.78 is 22.9. The van der Waals surface area contributed by atoms with Crippen LogP contribution in [0.5, 0.6) is 17.2 Å². The molecule has 42 heavy (non-hydrogen) atoms. The molecule has 6 rings (SSSR count). The molecule has 5 aliphatic rings. The summed E-state index contributed by atoms with van der Waals surface area (Å²) in [7, 11) is 3.19. The van der Waals surface area contributed by atoms with Crippen LogP contribution in [0.3, 0.4) is 0 Å². The zero-order valence-electron chi connectivity index (χ0n) is 24.1. The Hall–Kier alpha value is -4.63. The largest absolute Gasteiger partial charge is 0.492 e. The third kappa shape index (κ3) is 3.69. The van der Waals surface area contributed by atoms with Gasteiger partial charge in [0.1, 0.15) is 11.8 Å². The molecule has 0 aromatic heterocycles. The second kappa shape index (κ2) is 9.73. The Bertz CT molecular complexity index is 1630. The number of hydrogen-bond donors (Lipinski definition) is 1. The summed E-state index contributed by atoms with van der Waals surface area (Å²) in [5, 5.41) is 13.5. The lowest BCUT2D eigenvalue weighted by Gasteiger charge is -2.57. The third-order valence-electron chi connectivity index (χ3n) is 8.75. The molecule has 4 heterocycles. The van der Waals surface area contributed by atoms with Gasteiger partial charge in [0.2, 0.25) is 18.5 Å². The van der Waals surface area contributed by atoms with E-state index in [0.29, 0.717) is 45.0 Å². The Kier molecular flexibility index (Phi) is 6.38. The van der Waals surface area contributed by atoms with Gasteiger partial charge in [-0.1, -0.05) is 0 Å². The number of piperazine rings is 1. The number of carbonyl (C=O) groups excluding carboxylic acids is 4. The topological polar surface area (TPSA) is 148 Å². The summed E-state index contributed by atoms with van der Waals surface area (Å²) in [6.07, 6.45) is 1.98. The van der Waals surface area contributed by atoms with Gasteiger partial charge in [0.25, 0.3) is 0 Å². The van der Waals surface area contributed by atoms with Gasteiger partial charge in [0.15, 0.2) is 23.0 Å². The van der Waals surface area contributed by atoms with E-state index >= 15 is 0 Å². The van der Waals surface area contributed by atoms with Crippen molar-refractivity contribution in [3.63, 3.8) is 0 Å². The number of nitrogens with one attached hydrogen (secondary N) is 1. The molecule has 4 atom stereocenters. The molecule has 12 heteroatoms. The van der Waals surface area contributed by atoms with E-state index in [1.165, 1.54) is 21.0 Å². The van der Waals surface area contributed by atoms with Crippen LogP contribution in [0.15, 0.2) is 28.2 Å². The van der Waals surface area contributed by atoms with E-state index in [0.717, 1.165) is 0 Å². The summed E-state index contributed by atoms with van der Waals surface area (Å²) in [5.41, 5.74) is 3.11. The fraction of sp³-hybridized carbons (Fsp3) is 0.433. The summed E-state index contributed by atoms with van der Waals surface area (Å²) in [6, 6.07) is -0.167. The molecule has 0 radical (unpaired) electrons. The first-order valence-electron chi connectivity index (χ1n) is 13.6. The van der Waals surface area contributed by atoms with E-state index in [1.807, 2.05) is 16.8 Å². The SMILES string of the molecule is COC1=C(C)C(=O)C2=C(C1=O)[C@@H]1C3=Cc4c(OC(C)=O)c(C)c5c(c4[C@H](CNC(C)=O)N3[C@@H](C#N)[C@H](C2)N1C)OCO5. The number of nitrogens with zero attached hydrogens (tertiary/aromatic N) is 3. The third-order valence-corrected chi connectivity index (χ3v) is 8.75. The van der Waals surface area contributed by atoms with Gasteiger partial charge in [0, 0.05) is 65.5 Å². The molecule has 0 spiro atoms. The van der Waals surface area contributed by atoms with E-state index < -0.39 is 30.1 Å². The number of amides is 1. The van der Waals surface area contributed by atoms with E-state index in [-0.39, 0.29) is 54.3 Å². The zero-order valence-corrected chi connectivity index (χ0v) is 24.1. The van der Waals surface area contributed by atoms with Gasteiger partial charge in [-0.2, -0.15) is 5.26 Å². The number of likely N-dealkylation sites (N-methyl/N-ethyl adjacent to an activating group) is 1. The second-order valence-electron chi connectivity index (χ2n) is 11.0. The van der Waals surface area contributed by atoms with Crippen molar-refractivity contribution in [2.75, 3.05) is 27.5 Å². The number of hydrogen-bond acceptors (Lipinski definition) is 11. The number of rotatable bonds is 4. The van der Waals surface area contributed by atoms with Crippen molar-refractivity contribution in [1.29, 1.82) is 5.26 Å². The van der Waals surface area contributed by atoms with Crippen LogP contribution >= 0.6 is 0 Å². The van der Waals surface area contributed by atoms with E-state index in [2.05, 4.69) is 11.4 Å². The van der Waals surface area contributed by atoms with E-state index in [1.54, 1.807) is 19.9 Å². The monoisotopic (exact) mass is 574 g/mol. The minimum absolute atomic E-state index is 0.00835. The van der Waals surface area contributed by atoms with Crippen LogP contribution in [-0.2, 0) is 23.9 Å². The van der Waals surface area contributed by atoms with Crippen molar-refractivity contribution in [2.45, 2.75) is 58.3 Å². The van der Waals surface area contributed by atoms with Gasteiger partial charge in [-0.3, -0.25) is 24.1 Å². The van der Waals surface area contributed by atoms with Gasteiger partial charge in [-0.25, -0.2) is 0 Å². The lowest BCUT2D eigenvalue weighted by Crippen LogP contribution is -2.66. The highest BCUT2D eigenvalue weighted by Gasteiger charge is 2.56.